The molecule has 0 saturated heterocycles. The van der Waals surface area contributed by atoms with Crippen molar-refractivity contribution in [2.24, 2.45) is 5.10 Å². The van der Waals surface area contributed by atoms with Crippen LogP contribution in [0.1, 0.15) is 18.1 Å². The molecule has 8 heteroatoms. The molecule has 0 heterocycles. The van der Waals surface area contributed by atoms with Crippen molar-refractivity contribution in [3.63, 3.8) is 0 Å². The Morgan fingerprint density at radius 2 is 1.65 bits per heavy atom. The number of amides is 2. The van der Waals surface area contributed by atoms with Gasteiger partial charge in [0.05, 0.1) is 18.6 Å². The molecule has 34 heavy (non-hydrogen) atoms. The van der Waals surface area contributed by atoms with Gasteiger partial charge in [0, 0.05) is 11.4 Å². The number of hydrazone groups is 1. The second-order valence-electron chi connectivity index (χ2n) is 7.31. The molecule has 3 rings (SSSR count). The minimum atomic E-state index is -0.266. The van der Waals surface area contributed by atoms with E-state index in [9.17, 15) is 9.59 Å². The number of carbonyl (C=O) groups excluding carboxylic acids is 2. The lowest BCUT2D eigenvalue weighted by Gasteiger charge is -2.09. The van der Waals surface area contributed by atoms with E-state index in [2.05, 4.69) is 15.8 Å². The molecule has 1 atom stereocenters. The molecule has 0 spiro atoms. The standard InChI is InChI=1S/C26H27N3O4S/c1-19(34-18-21-6-4-3-5-7-21)26(31)29-27-16-20-8-12-24(13-9-20)33-17-25(30)28-22-10-14-23(32-2)15-11-22/h3-16,19H,17-18H2,1-2H3,(H,28,30)(H,29,31)/b27-16-/t19-/m1/s1. The van der Waals surface area contributed by atoms with Crippen LogP contribution < -0.4 is 20.2 Å². The Labute approximate surface area is 203 Å². The number of hydrogen-bond donors (Lipinski definition) is 2. The van der Waals surface area contributed by atoms with Crippen LogP contribution in [0.25, 0.3) is 0 Å². The summed E-state index contributed by atoms with van der Waals surface area (Å²) < 4.78 is 10.6. The summed E-state index contributed by atoms with van der Waals surface area (Å²) in [6.07, 6.45) is 1.56. The van der Waals surface area contributed by atoms with Gasteiger partial charge in [0.25, 0.3) is 11.8 Å². The molecule has 0 radical (unpaired) electrons. The largest absolute Gasteiger partial charge is 0.497 e. The molecule has 0 aliphatic rings. The van der Waals surface area contributed by atoms with Gasteiger partial charge in [0.15, 0.2) is 6.61 Å². The quantitative estimate of drug-likeness (QED) is 0.314. The van der Waals surface area contributed by atoms with Gasteiger partial charge in [-0.2, -0.15) is 5.10 Å². The number of anilines is 1. The lowest BCUT2D eigenvalue weighted by Crippen LogP contribution is -2.26. The lowest BCUT2D eigenvalue weighted by atomic mass is 10.2. The third-order valence-electron chi connectivity index (χ3n) is 4.72. The summed E-state index contributed by atoms with van der Waals surface area (Å²) in [5.74, 6) is 1.61. The molecule has 3 aromatic carbocycles. The number of nitrogens with zero attached hydrogens (tertiary/aromatic N) is 1. The highest BCUT2D eigenvalue weighted by Gasteiger charge is 2.12. The van der Waals surface area contributed by atoms with E-state index in [0.29, 0.717) is 17.2 Å². The van der Waals surface area contributed by atoms with Gasteiger partial charge in [-0.1, -0.05) is 30.3 Å². The molecule has 0 saturated carbocycles. The van der Waals surface area contributed by atoms with E-state index < -0.39 is 0 Å². The van der Waals surface area contributed by atoms with Gasteiger partial charge in [-0.15, -0.1) is 11.8 Å². The number of thioether (sulfide) groups is 1. The number of nitrogens with one attached hydrogen (secondary N) is 2. The van der Waals surface area contributed by atoms with Crippen LogP contribution in [0.15, 0.2) is 84.0 Å². The van der Waals surface area contributed by atoms with Crippen LogP contribution in [-0.2, 0) is 15.3 Å². The van der Waals surface area contributed by atoms with Crippen LogP contribution in [0, 0.1) is 0 Å². The van der Waals surface area contributed by atoms with E-state index >= 15 is 0 Å². The number of benzene rings is 3. The van der Waals surface area contributed by atoms with Gasteiger partial charge in [-0.3, -0.25) is 9.59 Å². The maximum absolute atomic E-state index is 12.2. The van der Waals surface area contributed by atoms with Crippen molar-refractivity contribution in [3.05, 3.63) is 90.0 Å². The zero-order valence-corrected chi connectivity index (χ0v) is 19.9. The summed E-state index contributed by atoms with van der Waals surface area (Å²) in [7, 11) is 1.59. The number of rotatable bonds is 11. The molecule has 0 fully saturated rings. The van der Waals surface area contributed by atoms with Crippen molar-refractivity contribution in [3.8, 4) is 11.5 Å². The average molecular weight is 478 g/mol. The predicted octanol–water partition coefficient (Wildman–Crippen LogP) is 4.48. The molecule has 2 N–H and O–H groups in total. The van der Waals surface area contributed by atoms with Crippen molar-refractivity contribution < 1.29 is 19.1 Å². The first-order chi connectivity index (χ1) is 16.5. The summed E-state index contributed by atoms with van der Waals surface area (Å²) >= 11 is 1.55. The first-order valence-electron chi connectivity index (χ1n) is 10.7. The third-order valence-corrected chi connectivity index (χ3v) is 5.94. The Morgan fingerprint density at radius 3 is 2.32 bits per heavy atom. The van der Waals surface area contributed by atoms with Crippen molar-refractivity contribution in [2.45, 2.75) is 17.9 Å². The zero-order valence-electron chi connectivity index (χ0n) is 19.1. The van der Waals surface area contributed by atoms with Gasteiger partial charge >= 0.3 is 0 Å². The van der Waals surface area contributed by atoms with Gasteiger partial charge in [-0.05, 0) is 66.6 Å². The highest BCUT2D eigenvalue weighted by atomic mass is 32.2. The second kappa shape index (κ2) is 13.1. The first-order valence-corrected chi connectivity index (χ1v) is 11.7. The Morgan fingerprint density at radius 1 is 0.971 bits per heavy atom. The van der Waals surface area contributed by atoms with Crippen molar-refractivity contribution in [1.29, 1.82) is 0 Å². The molecule has 0 unspecified atom stereocenters. The van der Waals surface area contributed by atoms with E-state index in [1.54, 1.807) is 73.6 Å². The minimum Gasteiger partial charge on any atom is -0.497 e. The molecule has 7 nitrogen and oxygen atoms in total. The molecular weight excluding hydrogens is 450 g/mol. The molecule has 0 aliphatic heterocycles. The highest BCUT2D eigenvalue weighted by Crippen LogP contribution is 2.18. The Hall–Kier alpha value is -3.78. The molecule has 3 aromatic rings. The Balaban J connectivity index is 1.38. The third kappa shape index (κ3) is 8.29. The number of hydrogen-bond acceptors (Lipinski definition) is 6. The fourth-order valence-electron chi connectivity index (χ4n) is 2.80. The number of ether oxygens (including phenoxy) is 2. The van der Waals surface area contributed by atoms with Crippen LogP contribution >= 0.6 is 11.8 Å². The molecular formula is C26H27N3O4S. The number of methoxy groups -OCH3 is 1. The molecule has 0 bridgehead atoms. The fraction of sp³-hybridized carbons (Fsp3) is 0.192. The summed E-state index contributed by atoms with van der Waals surface area (Å²) in [6, 6.07) is 24.1. The first kappa shape index (κ1) is 24.9. The van der Waals surface area contributed by atoms with Gasteiger partial charge < -0.3 is 14.8 Å². The summed E-state index contributed by atoms with van der Waals surface area (Å²) in [6.45, 7) is 1.74. The van der Waals surface area contributed by atoms with Gasteiger partial charge in [0.1, 0.15) is 11.5 Å². The maximum atomic E-state index is 12.2. The van der Waals surface area contributed by atoms with Crippen LogP contribution in [-0.4, -0.2) is 37.0 Å². The van der Waals surface area contributed by atoms with Crippen molar-refractivity contribution in [1.82, 2.24) is 5.43 Å². The average Bonchev–Trinajstić information content (AvgIpc) is 2.87. The van der Waals surface area contributed by atoms with Crippen molar-refractivity contribution in [2.75, 3.05) is 19.0 Å². The Kier molecular flexibility index (Phi) is 9.54. The molecule has 2 amide bonds. The SMILES string of the molecule is COc1ccc(NC(=O)COc2ccc(/C=N\NC(=O)[C@@H](C)SCc3ccccc3)cc2)cc1. The monoisotopic (exact) mass is 477 g/mol. The highest BCUT2D eigenvalue weighted by molar-refractivity contribution is 7.99. The molecule has 0 aliphatic carbocycles. The summed E-state index contributed by atoms with van der Waals surface area (Å²) in [5.41, 5.74) is 5.20. The van der Waals surface area contributed by atoms with Crippen molar-refractivity contribution >= 4 is 35.5 Å². The minimum absolute atomic E-state index is 0.117. The topological polar surface area (TPSA) is 89.0 Å². The van der Waals surface area contributed by atoms with E-state index in [0.717, 1.165) is 11.3 Å². The van der Waals surface area contributed by atoms with Gasteiger partial charge in [-0.25, -0.2) is 5.43 Å². The van der Waals surface area contributed by atoms with Crippen LogP contribution in [0.5, 0.6) is 11.5 Å². The lowest BCUT2D eigenvalue weighted by molar-refractivity contribution is -0.120. The molecule has 176 valence electrons. The predicted molar refractivity (Wildman–Crippen MR) is 136 cm³/mol. The van der Waals surface area contributed by atoms with Gasteiger partial charge in [0.2, 0.25) is 0 Å². The zero-order chi connectivity index (χ0) is 24.2. The summed E-state index contributed by atoms with van der Waals surface area (Å²) in [4.78, 5) is 24.3. The number of carbonyl (C=O) groups is 2. The van der Waals surface area contributed by atoms with Crippen LogP contribution in [0.3, 0.4) is 0 Å². The summed E-state index contributed by atoms with van der Waals surface area (Å²) in [5, 5.41) is 6.56. The Bertz CT molecular complexity index is 1090. The fourth-order valence-corrected chi connectivity index (χ4v) is 3.64. The maximum Gasteiger partial charge on any atom is 0.262 e. The van der Waals surface area contributed by atoms with E-state index in [1.807, 2.05) is 37.3 Å². The van der Waals surface area contributed by atoms with E-state index in [-0.39, 0.29) is 23.7 Å². The molecule has 0 aromatic heterocycles. The van der Waals surface area contributed by atoms with E-state index in [4.69, 9.17) is 9.47 Å². The second-order valence-corrected chi connectivity index (χ2v) is 8.64. The van der Waals surface area contributed by atoms with Crippen LogP contribution in [0.4, 0.5) is 5.69 Å². The normalized spacial score (nSPS) is 11.6. The van der Waals surface area contributed by atoms with Crippen LogP contribution in [0.2, 0.25) is 0 Å². The van der Waals surface area contributed by atoms with E-state index in [1.165, 1.54) is 5.56 Å². The smallest absolute Gasteiger partial charge is 0.262 e.